The number of para-hydroxylation sites is 1. The van der Waals surface area contributed by atoms with Gasteiger partial charge in [0.2, 0.25) is 11.8 Å². The Labute approximate surface area is 204 Å². The van der Waals surface area contributed by atoms with Gasteiger partial charge < -0.3 is 24.2 Å². The van der Waals surface area contributed by atoms with E-state index in [4.69, 9.17) is 9.47 Å². The fourth-order valence-corrected chi connectivity index (χ4v) is 6.14. The lowest BCUT2D eigenvalue weighted by atomic mass is 9.83. The van der Waals surface area contributed by atoms with E-state index in [2.05, 4.69) is 4.90 Å². The van der Waals surface area contributed by atoms with Gasteiger partial charge in [-0.25, -0.2) is 0 Å². The first-order valence-corrected chi connectivity index (χ1v) is 13.0. The molecule has 0 radical (unpaired) electrons. The van der Waals surface area contributed by atoms with E-state index in [9.17, 15) is 9.59 Å². The lowest BCUT2D eigenvalue weighted by Crippen LogP contribution is -2.52. The van der Waals surface area contributed by atoms with Crippen LogP contribution >= 0.6 is 0 Å². The summed E-state index contributed by atoms with van der Waals surface area (Å²) in [6, 6.07) is 8.52. The van der Waals surface area contributed by atoms with Crippen LogP contribution in [-0.4, -0.2) is 92.7 Å². The predicted octanol–water partition coefficient (Wildman–Crippen LogP) is 2.83. The lowest BCUT2D eigenvalue weighted by molar-refractivity contribution is -0.137. The van der Waals surface area contributed by atoms with E-state index >= 15 is 0 Å². The number of hydrogen-bond donors (Lipinski definition) is 0. The van der Waals surface area contributed by atoms with Crippen LogP contribution in [0.25, 0.3) is 0 Å². The zero-order valence-electron chi connectivity index (χ0n) is 20.9. The van der Waals surface area contributed by atoms with Gasteiger partial charge in [-0.05, 0) is 62.7 Å². The number of likely N-dealkylation sites (tertiary alicyclic amines) is 1. The summed E-state index contributed by atoms with van der Waals surface area (Å²) in [5, 5.41) is 0. The Morgan fingerprint density at radius 2 is 1.94 bits per heavy atom. The van der Waals surface area contributed by atoms with E-state index in [1.807, 2.05) is 34.1 Å². The number of hydrogen-bond acceptors (Lipinski definition) is 5. The summed E-state index contributed by atoms with van der Waals surface area (Å²) in [4.78, 5) is 32.9. The summed E-state index contributed by atoms with van der Waals surface area (Å²) < 4.78 is 10.8. The van der Waals surface area contributed by atoms with Crippen LogP contribution in [0.4, 0.5) is 0 Å². The molecule has 3 atom stereocenters. The van der Waals surface area contributed by atoms with Crippen molar-refractivity contribution in [2.45, 2.75) is 51.0 Å². The fraction of sp³-hybridized carbons (Fsp3) is 0.704. The Bertz CT molecular complexity index is 830. The smallest absolute Gasteiger partial charge is 0.228 e. The van der Waals surface area contributed by atoms with E-state index in [0.717, 1.165) is 24.3 Å². The van der Waals surface area contributed by atoms with Gasteiger partial charge in [0.25, 0.3) is 0 Å². The summed E-state index contributed by atoms with van der Waals surface area (Å²) in [6.45, 7) is 5.44. The monoisotopic (exact) mass is 471 g/mol. The lowest BCUT2D eigenvalue weighted by Gasteiger charge is -2.46. The largest absolute Gasteiger partial charge is 0.496 e. The molecule has 3 heterocycles. The van der Waals surface area contributed by atoms with Crippen molar-refractivity contribution < 1.29 is 19.1 Å². The maximum Gasteiger partial charge on any atom is 0.228 e. The molecule has 3 saturated heterocycles. The van der Waals surface area contributed by atoms with E-state index in [1.165, 1.54) is 45.2 Å². The van der Waals surface area contributed by atoms with E-state index in [1.54, 1.807) is 14.2 Å². The summed E-state index contributed by atoms with van der Waals surface area (Å²) in [7, 11) is 3.35. The molecule has 1 aromatic rings. The van der Waals surface area contributed by atoms with Crippen molar-refractivity contribution in [2.24, 2.45) is 11.8 Å². The number of benzene rings is 1. The quantitative estimate of drug-likeness (QED) is 0.525. The van der Waals surface area contributed by atoms with Crippen molar-refractivity contribution in [3.05, 3.63) is 29.8 Å². The first-order chi connectivity index (χ1) is 16.6. The number of fused-ring (bicyclic) bond motifs is 1. The normalized spacial score (nSPS) is 25.3. The van der Waals surface area contributed by atoms with Gasteiger partial charge in [-0.3, -0.25) is 9.59 Å². The van der Waals surface area contributed by atoms with Gasteiger partial charge in [0, 0.05) is 45.8 Å². The second-order valence-corrected chi connectivity index (χ2v) is 10.1. The molecule has 3 fully saturated rings. The number of carbonyl (C=O) groups is 2. The van der Waals surface area contributed by atoms with Crippen molar-refractivity contribution in [1.82, 2.24) is 14.7 Å². The first-order valence-electron chi connectivity index (χ1n) is 13.0. The molecule has 0 aliphatic carbocycles. The maximum absolute atomic E-state index is 13.6. The molecule has 0 N–H and O–H groups in total. The van der Waals surface area contributed by atoms with Crippen LogP contribution in [0.3, 0.4) is 0 Å². The van der Waals surface area contributed by atoms with Crippen LogP contribution in [0.15, 0.2) is 24.3 Å². The molecule has 3 aliphatic heterocycles. The molecular formula is C27H41N3O4. The average Bonchev–Trinajstić information content (AvgIpc) is 3.25. The minimum Gasteiger partial charge on any atom is -0.496 e. The Morgan fingerprint density at radius 3 is 2.76 bits per heavy atom. The summed E-state index contributed by atoms with van der Waals surface area (Å²) >= 11 is 0. The number of methoxy groups -OCH3 is 2. The Kier molecular flexibility index (Phi) is 8.84. The van der Waals surface area contributed by atoms with Gasteiger partial charge in [-0.15, -0.1) is 0 Å². The van der Waals surface area contributed by atoms with Gasteiger partial charge in [0.05, 0.1) is 19.6 Å². The van der Waals surface area contributed by atoms with Crippen molar-refractivity contribution in [3.8, 4) is 5.75 Å². The second-order valence-electron chi connectivity index (χ2n) is 10.1. The molecule has 1 aromatic carbocycles. The minimum atomic E-state index is -0.256. The van der Waals surface area contributed by atoms with Crippen LogP contribution in [0.2, 0.25) is 0 Å². The Hall–Kier alpha value is -2.12. The van der Waals surface area contributed by atoms with Gasteiger partial charge in [0.1, 0.15) is 5.75 Å². The molecular weight excluding hydrogens is 430 g/mol. The number of rotatable bonds is 10. The zero-order valence-corrected chi connectivity index (χ0v) is 20.9. The predicted molar refractivity (Wildman–Crippen MR) is 132 cm³/mol. The van der Waals surface area contributed by atoms with Crippen molar-refractivity contribution in [1.29, 1.82) is 0 Å². The van der Waals surface area contributed by atoms with Gasteiger partial charge in [-0.2, -0.15) is 0 Å². The van der Waals surface area contributed by atoms with Crippen LogP contribution in [0, 0.1) is 11.8 Å². The molecule has 3 aliphatic rings. The molecule has 4 rings (SSSR count). The highest BCUT2D eigenvalue weighted by Gasteiger charge is 2.39. The fourth-order valence-electron chi connectivity index (χ4n) is 6.14. The van der Waals surface area contributed by atoms with E-state index in [0.29, 0.717) is 44.6 Å². The number of carbonyl (C=O) groups excluding carboxylic acids is 2. The Balaban J connectivity index is 1.37. The van der Waals surface area contributed by atoms with Crippen LogP contribution in [-0.2, 0) is 20.7 Å². The maximum atomic E-state index is 13.6. The third-order valence-electron chi connectivity index (χ3n) is 7.97. The molecule has 34 heavy (non-hydrogen) atoms. The highest BCUT2D eigenvalue weighted by atomic mass is 16.5. The summed E-state index contributed by atoms with van der Waals surface area (Å²) in [6.07, 6.45) is 7.28. The number of nitrogens with zero attached hydrogens (tertiary/aromatic N) is 3. The molecule has 7 nitrogen and oxygen atoms in total. The summed E-state index contributed by atoms with van der Waals surface area (Å²) in [5.41, 5.74) is 1.09. The SMILES string of the molecule is COCCN(CC1CCCN2CCCCC12)C(=O)C1CC(=O)N(CCc2ccccc2OC)C1. The van der Waals surface area contributed by atoms with Gasteiger partial charge in [-0.1, -0.05) is 24.6 Å². The zero-order chi connectivity index (χ0) is 23.9. The van der Waals surface area contributed by atoms with Crippen molar-refractivity contribution >= 4 is 11.8 Å². The van der Waals surface area contributed by atoms with E-state index < -0.39 is 0 Å². The third kappa shape index (κ3) is 5.92. The summed E-state index contributed by atoms with van der Waals surface area (Å²) in [5.74, 6) is 1.31. The van der Waals surface area contributed by atoms with Crippen LogP contribution < -0.4 is 4.74 Å². The van der Waals surface area contributed by atoms with Crippen molar-refractivity contribution in [2.75, 3.05) is 60.1 Å². The minimum absolute atomic E-state index is 0.0797. The highest BCUT2D eigenvalue weighted by molar-refractivity contribution is 5.89. The second kappa shape index (κ2) is 12.0. The Morgan fingerprint density at radius 1 is 1.12 bits per heavy atom. The molecule has 7 heteroatoms. The number of amides is 2. The van der Waals surface area contributed by atoms with Crippen molar-refractivity contribution in [3.63, 3.8) is 0 Å². The average molecular weight is 472 g/mol. The molecule has 0 saturated carbocycles. The molecule has 188 valence electrons. The highest BCUT2D eigenvalue weighted by Crippen LogP contribution is 2.32. The van der Waals surface area contributed by atoms with Gasteiger partial charge >= 0.3 is 0 Å². The third-order valence-corrected chi connectivity index (χ3v) is 7.97. The van der Waals surface area contributed by atoms with Crippen LogP contribution in [0.5, 0.6) is 5.75 Å². The molecule has 0 spiro atoms. The molecule has 2 amide bonds. The molecule has 3 unspecified atom stereocenters. The topological polar surface area (TPSA) is 62.3 Å². The standard InChI is InChI=1S/C27H41N3O4/c1-33-17-16-30(19-22-9-7-14-28-13-6-5-10-24(22)28)27(32)23-18-26(31)29(20-23)15-12-21-8-3-4-11-25(21)34-2/h3-4,8,11,22-24H,5-7,9-10,12-20H2,1-2H3. The number of ether oxygens (including phenoxy) is 2. The number of piperidine rings is 2. The first kappa shape index (κ1) is 25.0. The van der Waals surface area contributed by atoms with Gasteiger partial charge in [0.15, 0.2) is 0 Å². The molecule has 0 bridgehead atoms. The van der Waals surface area contributed by atoms with E-state index in [-0.39, 0.29) is 17.7 Å². The molecule has 0 aromatic heterocycles. The van der Waals surface area contributed by atoms with Crippen LogP contribution in [0.1, 0.15) is 44.1 Å².